The third-order valence-electron chi connectivity index (χ3n) is 2.83. The van der Waals surface area contributed by atoms with Crippen molar-refractivity contribution in [2.24, 2.45) is 0 Å². The van der Waals surface area contributed by atoms with Crippen LogP contribution in [0.15, 0.2) is 54.9 Å². The minimum Gasteiger partial charge on any atom is -0.258 e. The van der Waals surface area contributed by atoms with Gasteiger partial charge in [-0.2, -0.15) is 0 Å². The molecule has 7 nitrogen and oxygen atoms in total. The number of hydrogen-bond donors (Lipinski definition) is 0. The highest BCUT2D eigenvalue weighted by atomic mass is 16.6. The molecule has 0 unspecified atom stereocenters. The van der Waals surface area contributed by atoms with Crippen molar-refractivity contribution in [1.82, 2.24) is 20.2 Å². The molecule has 0 amide bonds. The van der Waals surface area contributed by atoms with Crippen LogP contribution in [0.2, 0.25) is 0 Å². The molecule has 2 aromatic heterocycles. The van der Waals surface area contributed by atoms with Gasteiger partial charge < -0.3 is 0 Å². The second-order valence-electron chi connectivity index (χ2n) is 4.19. The second kappa shape index (κ2) is 5.41. The van der Waals surface area contributed by atoms with Crippen LogP contribution in [0.3, 0.4) is 0 Å². The molecule has 1 aromatic carbocycles. The average molecular weight is 279 g/mol. The van der Waals surface area contributed by atoms with Gasteiger partial charge in [-0.1, -0.05) is 6.07 Å². The Labute approximate surface area is 119 Å². The van der Waals surface area contributed by atoms with Crippen molar-refractivity contribution in [2.75, 3.05) is 0 Å². The van der Waals surface area contributed by atoms with Crippen LogP contribution in [0.5, 0.6) is 0 Å². The van der Waals surface area contributed by atoms with E-state index in [1.54, 1.807) is 30.6 Å². The molecule has 7 heteroatoms. The Morgan fingerprint density at radius 2 is 1.71 bits per heavy atom. The zero-order valence-corrected chi connectivity index (χ0v) is 10.7. The van der Waals surface area contributed by atoms with Gasteiger partial charge >= 0.3 is 0 Å². The number of hydrogen-bond acceptors (Lipinski definition) is 6. The van der Waals surface area contributed by atoms with Crippen LogP contribution in [0.1, 0.15) is 0 Å². The molecule has 3 aromatic rings. The maximum Gasteiger partial charge on any atom is 0.269 e. The first-order valence-corrected chi connectivity index (χ1v) is 6.10. The quantitative estimate of drug-likeness (QED) is 0.540. The highest BCUT2D eigenvalue weighted by molar-refractivity contribution is 5.60. The van der Waals surface area contributed by atoms with E-state index in [1.165, 1.54) is 12.1 Å². The number of nitrogens with zero attached hydrogens (tertiary/aromatic N) is 5. The summed E-state index contributed by atoms with van der Waals surface area (Å²) in [5.41, 5.74) is 1.93. The number of aromatic nitrogens is 4. The summed E-state index contributed by atoms with van der Waals surface area (Å²) in [4.78, 5) is 18.5. The number of non-ortho nitro benzene ring substituents is 1. The molecule has 0 atom stereocenters. The fraction of sp³-hybridized carbons (Fsp3) is 0. The topological polar surface area (TPSA) is 94.7 Å². The molecule has 0 saturated carbocycles. The van der Waals surface area contributed by atoms with Gasteiger partial charge in [0.25, 0.3) is 5.69 Å². The van der Waals surface area contributed by atoms with Crippen LogP contribution in [0.25, 0.3) is 22.8 Å². The van der Waals surface area contributed by atoms with Crippen LogP contribution in [0, 0.1) is 10.1 Å². The largest absolute Gasteiger partial charge is 0.269 e. The van der Waals surface area contributed by atoms with Crippen molar-refractivity contribution in [3.05, 3.63) is 65.0 Å². The van der Waals surface area contributed by atoms with E-state index >= 15 is 0 Å². The lowest BCUT2D eigenvalue weighted by Crippen LogP contribution is -1.96. The molecule has 2 heterocycles. The number of pyridine rings is 1. The Kier molecular flexibility index (Phi) is 3.30. The molecule has 0 saturated heterocycles. The van der Waals surface area contributed by atoms with E-state index < -0.39 is 4.92 Å². The van der Waals surface area contributed by atoms with Gasteiger partial charge in [-0.3, -0.25) is 15.1 Å². The molecule has 0 N–H and O–H groups in total. The van der Waals surface area contributed by atoms with Gasteiger partial charge in [-0.05, 0) is 24.3 Å². The van der Waals surface area contributed by atoms with E-state index in [0.717, 1.165) is 0 Å². The zero-order valence-electron chi connectivity index (χ0n) is 10.7. The summed E-state index contributed by atoms with van der Waals surface area (Å²) in [6, 6.07) is 11.5. The van der Waals surface area contributed by atoms with Gasteiger partial charge in [0.2, 0.25) is 0 Å². The number of rotatable bonds is 3. The lowest BCUT2D eigenvalue weighted by Gasteiger charge is -2.01. The molecule has 0 radical (unpaired) electrons. The minimum atomic E-state index is -0.447. The molecule has 0 spiro atoms. The fourth-order valence-corrected chi connectivity index (χ4v) is 1.77. The molecular formula is C14H9N5O2. The molecule has 0 fully saturated rings. The molecular weight excluding hydrogens is 270 g/mol. The highest BCUT2D eigenvalue weighted by Gasteiger charge is 2.08. The predicted octanol–water partition coefficient (Wildman–Crippen LogP) is 2.51. The van der Waals surface area contributed by atoms with Crippen LogP contribution in [-0.4, -0.2) is 25.1 Å². The van der Waals surface area contributed by atoms with Gasteiger partial charge in [0.15, 0.2) is 5.82 Å². The lowest BCUT2D eigenvalue weighted by molar-refractivity contribution is -0.384. The fourth-order valence-electron chi connectivity index (χ4n) is 1.77. The Hall–Kier alpha value is -3.22. The van der Waals surface area contributed by atoms with E-state index in [1.807, 2.05) is 12.1 Å². The maximum absolute atomic E-state index is 10.6. The summed E-state index contributed by atoms with van der Waals surface area (Å²) in [6.07, 6.45) is 3.22. The van der Waals surface area contributed by atoms with E-state index in [4.69, 9.17) is 0 Å². The van der Waals surface area contributed by atoms with E-state index in [2.05, 4.69) is 20.2 Å². The van der Waals surface area contributed by atoms with Crippen LogP contribution in [0.4, 0.5) is 5.69 Å². The summed E-state index contributed by atoms with van der Waals surface area (Å²) in [7, 11) is 0. The molecule has 0 aliphatic rings. The highest BCUT2D eigenvalue weighted by Crippen LogP contribution is 2.20. The molecule has 21 heavy (non-hydrogen) atoms. The normalized spacial score (nSPS) is 10.3. The number of nitro benzene ring substituents is 1. The standard InChI is InChI=1S/C14H9N5O2/c20-19(21)11-6-4-10(5-7-11)13-9-16-14(18-17-13)12-3-1-2-8-15-12/h1-9H. The first-order valence-electron chi connectivity index (χ1n) is 6.10. The molecule has 3 rings (SSSR count). The summed E-state index contributed by atoms with van der Waals surface area (Å²) in [5, 5.41) is 18.7. The third-order valence-corrected chi connectivity index (χ3v) is 2.83. The van der Waals surface area contributed by atoms with E-state index in [-0.39, 0.29) is 5.69 Å². The first kappa shape index (κ1) is 12.8. The summed E-state index contributed by atoms with van der Waals surface area (Å²) >= 11 is 0. The molecule has 0 aliphatic carbocycles. The van der Waals surface area contributed by atoms with Crippen molar-refractivity contribution < 1.29 is 4.92 Å². The minimum absolute atomic E-state index is 0.0322. The zero-order chi connectivity index (χ0) is 14.7. The van der Waals surface area contributed by atoms with Gasteiger partial charge in [0.05, 0.1) is 11.1 Å². The maximum atomic E-state index is 10.6. The second-order valence-corrected chi connectivity index (χ2v) is 4.19. The van der Waals surface area contributed by atoms with E-state index in [9.17, 15) is 10.1 Å². The summed E-state index contributed by atoms with van der Waals surface area (Å²) < 4.78 is 0. The van der Waals surface area contributed by atoms with Gasteiger partial charge in [-0.15, -0.1) is 10.2 Å². The number of benzene rings is 1. The predicted molar refractivity (Wildman–Crippen MR) is 75.1 cm³/mol. The number of nitro groups is 1. The van der Waals surface area contributed by atoms with Crippen molar-refractivity contribution in [3.63, 3.8) is 0 Å². The van der Waals surface area contributed by atoms with Crippen molar-refractivity contribution in [1.29, 1.82) is 0 Å². The average Bonchev–Trinajstić information content (AvgIpc) is 2.56. The van der Waals surface area contributed by atoms with Crippen LogP contribution >= 0.6 is 0 Å². The SMILES string of the molecule is O=[N+]([O-])c1ccc(-c2cnc(-c3ccccn3)nn2)cc1. The van der Waals surface area contributed by atoms with Crippen LogP contribution < -0.4 is 0 Å². The molecule has 102 valence electrons. The molecule has 0 aliphatic heterocycles. The van der Waals surface area contributed by atoms with Gasteiger partial charge in [-0.25, -0.2) is 4.98 Å². The van der Waals surface area contributed by atoms with Crippen molar-refractivity contribution >= 4 is 5.69 Å². The van der Waals surface area contributed by atoms with Crippen molar-refractivity contribution in [3.8, 4) is 22.8 Å². The Morgan fingerprint density at radius 1 is 0.905 bits per heavy atom. The Balaban J connectivity index is 1.89. The van der Waals surface area contributed by atoms with Crippen molar-refractivity contribution in [2.45, 2.75) is 0 Å². The van der Waals surface area contributed by atoms with E-state index in [0.29, 0.717) is 22.8 Å². The summed E-state index contributed by atoms with van der Waals surface area (Å²) in [5.74, 6) is 0.432. The van der Waals surface area contributed by atoms with Crippen LogP contribution in [-0.2, 0) is 0 Å². The summed E-state index contributed by atoms with van der Waals surface area (Å²) in [6.45, 7) is 0. The first-order chi connectivity index (χ1) is 10.2. The Morgan fingerprint density at radius 3 is 2.29 bits per heavy atom. The van der Waals surface area contributed by atoms with Gasteiger partial charge in [0, 0.05) is 23.9 Å². The Bertz CT molecular complexity index is 758. The smallest absolute Gasteiger partial charge is 0.258 e. The van der Waals surface area contributed by atoms with Gasteiger partial charge in [0.1, 0.15) is 11.4 Å². The molecule has 0 bridgehead atoms. The lowest BCUT2D eigenvalue weighted by atomic mass is 10.1. The monoisotopic (exact) mass is 279 g/mol. The third kappa shape index (κ3) is 2.71.